The summed E-state index contributed by atoms with van der Waals surface area (Å²) >= 11 is 6.59. The molecule has 182 valence electrons. The molecule has 2 amide bonds. The second kappa shape index (κ2) is 11.8. The minimum Gasteiger partial charge on any atom is -0.497 e. The number of benzene rings is 2. The zero-order chi connectivity index (χ0) is 24.6. The SMILES string of the molecule is COc1ccc(CN(C(=O)c2ccccn2)[C@H](C(=O)NC2CCCCC2)c2ccccc2Cl)cc1. The van der Waals surface area contributed by atoms with Gasteiger partial charge in [-0.1, -0.05) is 67.3 Å². The molecule has 6 nitrogen and oxygen atoms in total. The summed E-state index contributed by atoms with van der Waals surface area (Å²) in [7, 11) is 1.61. The molecule has 35 heavy (non-hydrogen) atoms. The molecule has 1 heterocycles. The average molecular weight is 492 g/mol. The largest absolute Gasteiger partial charge is 0.497 e. The second-order valence-corrected chi connectivity index (χ2v) is 9.17. The topological polar surface area (TPSA) is 71.5 Å². The van der Waals surface area contributed by atoms with Gasteiger partial charge in [-0.2, -0.15) is 0 Å². The van der Waals surface area contributed by atoms with E-state index in [-0.39, 0.29) is 30.1 Å². The molecule has 3 aromatic rings. The fourth-order valence-electron chi connectivity index (χ4n) is 4.52. The van der Waals surface area contributed by atoms with Gasteiger partial charge in [0.2, 0.25) is 5.91 Å². The van der Waals surface area contributed by atoms with Crippen LogP contribution in [0.2, 0.25) is 5.02 Å². The molecule has 0 spiro atoms. The van der Waals surface area contributed by atoms with Crippen LogP contribution in [0.25, 0.3) is 0 Å². The molecule has 1 saturated carbocycles. The number of rotatable bonds is 8. The van der Waals surface area contributed by atoms with Gasteiger partial charge < -0.3 is 15.0 Å². The van der Waals surface area contributed by atoms with Gasteiger partial charge in [-0.3, -0.25) is 14.6 Å². The summed E-state index contributed by atoms with van der Waals surface area (Å²) in [6, 6.07) is 19.0. The van der Waals surface area contributed by atoms with Crippen molar-refractivity contribution in [3.05, 3.63) is 94.8 Å². The van der Waals surface area contributed by atoms with Crippen LogP contribution in [0.15, 0.2) is 72.9 Å². The van der Waals surface area contributed by atoms with Crippen molar-refractivity contribution in [3.63, 3.8) is 0 Å². The first-order chi connectivity index (χ1) is 17.1. The van der Waals surface area contributed by atoms with Crippen molar-refractivity contribution in [1.29, 1.82) is 0 Å². The minimum atomic E-state index is -0.915. The molecule has 4 rings (SSSR count). The molecular weight excluding hydrogens is 462 g/mol. The molecule has 1 fully saturated rings. The highest BCUT2D eigenvalue weighted by molar-refractivity contribution is 6.31. The van der Waals surface area contributed by atoms with Crippen molar-refractivity contribution >= 4 is 23.4 Å². The van der Waals surface area contributed by atoms with Gasteiger partial charge in [0.25, 0.3) is 5.91 Å². The standard InChI is InChI=1S/C28H30ClN3O3/c1-35-22-16-14-20(15-17-22)19-32(28(34)25-13-7-8-18-30-25)26(23-11-5-6-12-24(23)29)27(33)31-21-9-3-2-4-10-21/h5-8,11-18,21,26H,2-4,9-10,19H2,1H3,(H,31,33)/t26-/m0/s1. The van der Waals surface area contributed by atoms with Gasteiger partial charge >= 0.3 is 0 Å². The van der Waals surface area contributed by atoms with E-state index in [0.717, 1.165) is 31.2 Å². The summed E-state index contributed by atoms with van der Waals surface area (Å²) in [6.45, 7) is 0.202. The fourth-order valence-corrected chi connectivity index (χ4v) is 4.76. The van der Waals surface area contributed by atoms with E-state index >= 15 is 0 Å². The summed E-state index contributed by atoms with van der Waals surface area (Å²) in [5.74, 6) is 0.141. The van der Waals surface area contributed by atoms with Crippen molar-refractivity contribution in [2.75, 3.05) is 7.11 Å². The molecule has 1 aromatic heterocycles. The molecule has 1 aliphatic carbocycles. The third kappa shape index (κ3) is 6.20. The van der Waals surface area contributed by atoms with Crippen LogP contribution in [-0.4, -0.2) is 34.8 Å². The van der Waals surface area contributed by atoms with Crippen LogP contribution in [0.4, 0.5) is 0 Å². The monoisotopic (exact) mass is 491 g/mol. The molecule has 1 atom stereocenters. The lowest BCUT2D eigenvalue weighted by atomic mass is 9.94. The summed E-state index contributed by atoms with van der Waals surface area (Å²) < 4.78 is 5.27. The molecule has 0 aliphatic heterocycles. The average Bonchev–Trinajstić information content (AvgIpc) is 2.90. The van der Waals surface area contributed by atoms with Gasteiger partial charge in [0.05, 0.1) is 7.11 Å². The number of nitrogens with zero attached hydrogens (tertiary/aromatic N) is 2. The lowest BCUT2D eigenvalue weighted by Gasteiger charge is -2.33. The van der Waals surface area contributed by atoms with Gasteiger partial charge in [0, 0.05) is 29.4 Å². The van der Waals surface area contributed by atoms with Crippen molar-refractivity contribution in [2.45, 2.75) is 50.7 Å². The maximum Gasteiger partial charge on any atom is 0.273 e. The highest BCUT2D eigenvalue weighted by Gasteiger charge is 2.35. The van der Waals surface area contributed by atoms with Crippen LogP contribution >= 0.6 is 11.6 Å². The van der Waals surface area contributed by atoms with Crippen LogP contribution in [0.5, 0.6) is 5.75 Å². The van der Waals surface area contributed by atoms with Crippen LogP contribution in [0, 0.1) is 0 Å². The fraction of sp³-hybridized carbons (Fsp3) is 0.321. The summed E-state index contributed by atoms with van der Waals surface area (Å²) in [5.41, 5.74) is 1.71. The molecule has 0 unspecified atom stereocenters. The lowest BCUT2D eigenvalue weighted by molar-refractivity contribution is -0.127. The van der Waals surface area contributed by atoms with Gasteiger partial charge in [-0.15, -0.1) is 0 Å². The van der Waals surface area contributed by atoms with Gasteiger partial charge in [0.1, 0.15) is 17.5 Å². The van der Waals surface area contributed by atoms with Gasteiger partial charge in [-0.25, -0.2) is 0 Å². The van der Waals surface area contributed by atoms with E-state index < -0.39 is 6.04 Å². The highest BCUT2D eigenvalue weighted by atomic mass is 35.5. The summed E-state index contributed by atoms with van der Waals surface area (Å²) in [5, 5.41) is 3.64. The van der Waals surface area contributed by atoms with Crippen LogP contribution in [0.3, 0.4) is 0 Å². The predicted molar refractivity (Wildman–Crippen MR) is 136 cm³/mol. The lowest BCUT2D eigenvalue weighted by Crippen LogP contribution is -2.47. The minimum absolute atomic E-state index is 0.0917. The normalized spacial score (nSPS) is 14.7. The Bertz CT molecular complexity index is 1130. The number of halogens is 1. The quantitative estimate of drug-likeness (QED) is 0.446. The van der Waals surface area contributed by atoms with E-state index in [1.54, 1.807) is 48.5 Å². The van der Waals surface area contributed by atoms with Crippen molar-refractivity contribution < 1.29 is 14.3 Å². The first-order valence-corrected chi connectivity index (χ1v) is 12.3. The Morgan fingerprint density at radius 2 is 1.74 bits per heavy atom. The number of amides is 2. The molecule has 2 aromatic carbocycles. The number of hydrogen-bond acceptors (Lipinski definition) is 4. The zero-order valence-electron chi connectivity index (χ0n) is 19.8. The van der Waals surface area contributed by atoms with Crippen molar-refractivity contribution in [2.24, 2.45) is 0 Å². The highest BCUT2D eigenvalue weighted by Crippen LogP contribution is 2.31. The third-order valence-electron chi connectivity index (χ3n) is 6.37. The number of methoxy groups -OCH3 is 1. The molecule has 0 radical (unpaired) electrons. The van der Waals surface area contributed by atoms with E-state index in [4.69, 9.17) is 16.3 Å². The molecule has 1 aliphatic rings. The molecule has 0 saturated heterocycles. The Labute approximate surface area is 211 Å². The Balaban J connectivity index is 1.74. The van der Waals surface area contributed by atoms with Gasteiger partial charge in [0.15, 0.2) is 0 Å². The molecule has 0 bridgehead atoms. The molecule has 7 heteroatoms. The maximum absolute atomic E-state index is 13.8. The zero-order valence-corrected chi connectivity index (χ0v) is 20.6. The Hall–Kier alpha value is -3.38. The third-order valence-corrected chi connectivity index (χ3v) is 6.71. The Morgan fingerprint density at radius 1 is 1.03 bits per heavy atom. The first kappa shape index (κ1) is 24.7. The van der Waals surface area contributed by atoms with Crippen molar-refractivity contribution in [3.8, 4) is 5.75 Å². The van der Waals surface area contributed by atoms with Crippen LogP contribution < -0.4 is 10.1 Å². The number of carbonyl (C=O) groups is 2. The summed E-state index contributed by atoms with van der Waals surface area (Å²) in [6.07, 6.45) is 6.81. The van der Waals surface area contributed by atoms with E-state index in [9.17, 15) is 9.59 Å². The second-order valence-electron chi connectivity index (χ2n) is 8.76. The van der Waals surface area contributed by atoms with E-state index in [2.05, 4.69) is 10.3 Å². The number of hydrogen-bond donors (Lipinski definition) is 1. The maximum atomic E-state index is 13.8. The van der Waals surface area contributed by atoms with E-state index in [0.29, 0.717) is 16.3 Å². The number of aromatic nitrogens is 1. The summed E-state index contributed by atoms with van der Waals surface area (Å²) in [4.78, 5) is 33.5. The number of ether oxygens (including phenoxy) is 1. The Kier molecular flexibility index (Phi) is 8.37. The number of carbonyl (C=O) groups excluding carboxylic acids is 2. The number of pyridine rings is 1. The van der Waals surface area contributed by atoms with E-state index in [1.165, 1.54) is 6.42 Å². The number of nitrogens with one attached hydrogen (secondary N) is 1. The first-order valence-electron chi connectivity index (χ1n) is 12.0. The van der Waals surface area contributed by atoms with Crippen LogP contribution in [-0.2, 0) is 11.3 Å². The Morgan fingerprint density at radius 3 is 2.40 bits per heavy atom. The predicted octanol–water partition coefficient (Wildman–Crippen LogP) is 5.58. The smallest absolute Gasteiger partial charge is 0.273 e. The molecular formula is C28H30ClN3O3. The van der Waals surface area contributed by atoms with Gasteiger partial charge in [-0.05, 0) is 48.7 Å². The molecule has 1 N–H and O–H groups in total. The van der Waals surface area contributed by atoms with Crippen molar-refractivity contribution in [1.82, 2.24) is 15.2 Å². The van der Waals surface area contributed by atoms with E-state index in [1.807, 2.05) is 36.4 Å². The van der Waals surface area contributed by atoms with Crippen LogP contribution in [0.1, 0.15) is 59.8 Å².